The van der Waals surface area contributed by atoms with Crippen LogP contribution in [0.3, 0.4) is 0 Å². The first-order valence-corrected chi connectivity index (χ1v) is 13.7. The van der Waals surface area contributed by atoms with Crippen LogP contribution in [0.2, 0.25) is 0 Å². The Morgan fingerprint density at radius 3 is 1.71 bits per heavy atom. The smallest absolute Gasteiger partial charge is 0.327 e. The fourth-order valence-electron chi connectivity index (χ4n) is 2.05. The summed E-state index contributed by atoms with van der Waals surface area (Å²) in [7, 11) is 0. The molecule has 0 aliphatic heterocycles. The Labute approximate surface area is 211 Å². The van der Waals surface area contributed by atoms with Crippen molar-refractivity contribution in [3.05, 3.63) is 12.7 Å². The van der Waals surface area contributed by atoms with E-state index in [-0.39, 0.29) is 25.4 Å². The molecule has 5 N–H and O–H groups in total. The van der Waals surface area contributed by atoms with Crippen LogP contribution in [0.4, 0.5) is 0 Å². The van der Waals surface area contributed by atoms with Gasteiger partial charge in [-0.05, 0) is 57.6 Å². The molecule has 10 nitrogen and oxygen atoms in total. The Balaban J connectivity index is 0. The second-order valence-electron chi connectivity index (χ2n) is 7.48. The molecule has 0 saturated heterocycles. The normalized spacial score (nSPS) is 15.0. The Bertz CT molecular complexity index is 583. The van der Waals surface area contributed by atoms with E-state index in [4.69, 9.17) is 35.5 Å². The van der Waals surface area contributed by atoms with E-state index >= 15 is 0 Å². The summed E-state index contributed by atoms with van der Waals surface area (Å²) in [6.07, 6.45) is 5.06. The van der Waals surface area contributed by atoms with Crippen molar-refractivity contribution in [1.29, 1.82) is 0 Å². The first kappa shape index (κ1) is 34.9. The van der Waals surface area contributed by atoms with E-state index in [9.17, 15) is 14.4 Å². The van der Waals surface area contributed by atoms with Gasteiger partial charge in [-0.2, -0.15) is 23.5 Å². The number of nitrogens with two attached hydrogens (primary N) is 2. The number of hydrogen-bond donors (Lipinski definition) is 3. The highest BCUT2D eigenvalue weighted by atomic mass is 32.2. The van der Waals surface area contributed by atoms with Crippen molar-refractivity contribution in [3.63, 3.8) is 0 Å². The third-order valence-electron chi connectivity index (χ3n) is 4.05. The van der Waals surface area contributed by atoms with Crippen molar-refractivity contribution in [2.75, 3.05) is 43.8 Å². The van der Waals surface area contributed by atoms with Gasteiger partial charge in [-0.1, -0.05) is 6.58 Å². The van der Waals surface area contributed by atoms with Gasteiger partial charge in [0, 0.05) is 6.08 Å². The van der Waals surface area contributed by atoms with E-state index in [0.29, 0.717) is 19.4 Å². The highest BCUT2D eigenvalue weighted by Crippen LogP contribution is 2.05. The van der Waals surface area contributed by atoms with Gasteiger partial charge in [-0.25, -0.2) is 4.79 Å². The van der Waals surface area contributed by atoms with Gasteiger partial charge in [0.15, 0.2) is 0 Å². The van der Waals surface area contributed by atoms with Crippen LogP contribution in [0, 0.1) is 0 Å². The predicted octanol–water partition coefficient (Wildman–Crippen LogP) is 1.69. The van der Waals surface area contributed by atoms with E-state index in [2.05, 4.69) is 6.58 Å². The quantitative estimate of drug-likeness (QED) is 0.175. The zero-order chi connectivity index (χ0) is 26.5. The molecule has 0 aliphatic carbocycles. The van der Waals surface area contributed by atoms with E-state index in [0.717, 1.165) is 17.6 Å². The molecule has 0 aliphatic rings. The molecule has 0 spiro atoms. The molecular formula is C22H42N2O8S2. The third-order valence-corrected chi connectivity index (χ3v) is 5.34. The van der Waals surface area contributed by atoms with Gasteiger partial charge in [0.05, 0.1) is 25.4 Å². The van der Waals surface area contributed by atoms with Gasteiger partial charge in [0.1, 0.15) is 24.8 Å². The maximum atomic E-state index is 11.9. The zero-order valence-electron chi connectivity index (χ0n) is 20.9. The fourth-order valence-corrected chi connectivity index (χ4v) is 3.03. The average molecular weight is 527 g/mol. The number of thioether (sulfide) groups is 2. The Morgan fingerprint density at radius 2 is 1.26 bits per heavy atom. The molecule has 0 bridgehead atoms. The number of esters is 2. The lowest BCUT2D eigenvalue weighted by atomic mass is 10.2. The van der Waals surface area contributed by atoms with Crippen molar-refractivity contribution >= 4 is 41.4 Å². The summed E-state index contributed by atoms with van der Waals surface area (Å²) in [6.45, 7) is 9.10. The summed E-state index contributed by atoms with van der Waals surface area (Å²) in [4.78, 5) is 32.9. The van der Waals surface area contributed by atoms with Crippen molar-refractivity contribution in [3.8, 4) is 0 Å². The number of rotatable bonds is 18. The molecule has 200 valence electrons. The van der Waals surface area contributed by atoms with Crippen LogP contribution in [0.5, 0.6) is 0 Å². The summed E-state index contributed by atoms with van der Waals surface area (Å²) in [5, 5.41) is 7.60. The van der Waals surface area contributed by atoms with Crippen LogP contribution in [0.15, 0.2) is 12.7 Å². The van der Waals surface area contributed by atoms with Gasteiger partial charge in [0.25, 0.3) is 0 Å². The Morgan fingerprint density at radius 1 is 0.853 bits per heavy atom. The van der Waals surface area contributed by atoms with Gasteiger partial charge in [-0.15, -0.1) is 0 Å². The minimum Gasteiger partial charge on any atom is -0.478 e. The summed E-state index contributed by atoms with van der Waals surface area (Å²) < 4.78 is 21.7. The highest BCUT2D eigenvalue weighted by molar-refractivity contribution is 7.98. The maximum Gasteiger partial charge on any atom is 0.327 e. The van der Waals surface area contributed by atoms with Crippen LogP contribution in [0.25, 0.3) is 0 Å². The van der Waals surface area contributed by atoms with Gasteiger partial charge >= 0.3 is 17.9 Å². The Hall–Kier alpha value is -1.31. The van der Waals surface area contributed by atoms with E-state index in [1.807, 2.05) is 26.4 Å². The lowest BCUT2D eigenvalue weighted by Crippen LogP contribution is -2.36. The molecular weight excluding hydrogens is 484 g/mol. The number of aliphatic carboxylic acids is 1. The van der Waals surface area contributed by atoms with Crippen molar-refractivity contribution < 1.29 is 38.4 Å². The zero-order valence-corrected chi connectivity index (χ0v) is 22.5. The molecule has 0 aromatic heterocycles. The van der Waals surface area contributed by atoms with Crippen LogP contribution in [-0.2, 0) is 33.3 Å². The number of ether oxygens (including phenoxy) is 4. The largest absolute Gasteiger partial charge is 0.478 e. The van der Waals surface area contributed by atoms with Crippen molar-refractivity contribution in [1.82, 2.24) is 0 Å². The first-order chi connectivity index (χ1) is 16.0. The van der Waals surface area contributed by atoms with Crippen LogP contribution in [-0.4, -0.2) is 97.2 Å². The predicted molar refractivity (Wildman–Crippen MR) is 137 cm³/mol. The second-order valence-corrected chi connectivity index (χ2v) is 9.45. The summed E-state index contributed by atoms with van der Waals surface area (Å²) in [5.41, 5.74) is 11.6. The molecule has 0 saturated carbocycles. The molecule has 0 amide bonds. The van der Waals surface area contributed by atoms with Gasteiger partial charge in [-0.3, -0.25) is 9.59 Å². The molecule has 12 heteroatoms. The van der Waals surface area contributed by atoms with Crippen LogP contribution >= 0.6 is 23.5 Å². The Kier molecular flexibility index (Phi) is 22.7. The minimum atomic E-state index is -0.981. The molecule has 5 atom stereocenters. The lowest BCUT2D eigenvalue weighted by molar-refractivity contribution is -0.156. The van der Waals surface area contributed by atoms with Crippen molar-refractivity contribution in [2.45, 2.75) is 64.0 Å². The molecule has 0 fully saturated rings. The monoisotopic (exact) mass is 526 g/mol. The number of carboxylic acid groups (broad SMARTS) is 1. The standard InChI is InChI=1S/C19H38N2O6S2.C3H4O2/c1-13(25-12-15(3)27-19(23)17(21)7-9-29-5)10-24-14(2)11-26-18(22)16(20)6-8-28-4;1-2-3(4)5/h13-17H,6-12,20-21H2,1-5H3;2H,1H2,(H,4,5)/t13?,14?,15?,16-,17-;/m0./s1. The van der Waals surface area contributed by atoms with Crippen molar-refractivity contribution in [2.24, 2.45) is 11.5 Å². The second kappa shape index (κ2) is 22.2. The number of hydrogen-bond acceptors (Lipinski definition) is 11. The SMILES string of the molecule is C=CC(=O)O.CSCC[C@H](N)C(=O)OCC(C)OCC(C)OCC(C)OC(=O)[C@@H](N)CCSC. The minimum absolute atomic E-state index is 0.139. The number of carbonyl (C=O) groups is 3. The number of carboxylic acids is 1. The van der Waals surface area contributed by atoms with E-state index < -0.39 is 36.1 Å². The molecule has 0 aromatic carbocycles. The van der Waals surface area contributed by atoms with E-state index in [1.54, 1.807) is 30.4 Å². The third kappa shape index (κ3) is 21.2. The topological polar surface area (TPSA) is 160 Å². The fraction of sp³-hybridized carbons (Fsp3) is 0.773. The molecule has 0 rings (SSSR count). The molecule has 34 heavy (non-hydrogen) atoms. The number of carbonyl (C=O) groups excluding carboxylic acids is 2. The molecule has 0 heterocycles. The van der Waals surface area contributed by atoms with Gasteiger partial charge in [0.2, 0.25) is 0 Å². The van der Waals surface area contributed by atoms with E-state index in [1.165, 1.54) is 0 Å². The molecule has 0 aromatic rings. The van der Waals surface area contributed by atoms with Crippen LogP contribution in [0.1, 0.15) is 33.6 Å². The summed E-state index contributed by atoms with van der Waals surface area (Å²) in [5.74, 6) is -0.179. The van der Waals surface area contributed by atoms with Crippen LogP contribution < -0.4 is 11.5 Å². The average Bonchev–Trinajstić information content (AvgIpc) is 2.81. The van der Waals surface area contributed by atoms with Gasteiger partial charge < -0.3 is 35.5 Å². The summed E-state index contributed by atoms with van der Waals surface area (Å²) in [6, 6.07) is -1.21. The molecule has 0 radical (unpaired) electrons. The summed E-state index contributed by atoms with van der Waals surface area (Å²) >= 11 is 3.27. The maximum absolute atomic E-state index is 11.9. The first-order valence-electron chi connectivity index (χ1n) is 10.9. The highest BCUT2D eigenvalue weighted by Gasteiger charge is 2.19. The lowest BCUT2D eigenvalue weighted by Gasteiger charge is -2.21. The molecule has 3 unspecified atom stereocenters.